The monoisotopic (exact) mass is 547 g/mol. The van der Waals surface area contributed by atoms with Crippen molar-refractivity contribution in [1.29, 1.82) is 5.26 Å². The Balaban J connectivity index is 1.32. The molecule has 3 aliphatic rings. The molecule has 0 unspecified atom stereocenters. The maximum atomic E-state index is 13.7. The first-order valence-corrected chi connectivity index (χ1v) is 15.3. The fourth-order valence-electron chi connectivity index (χ4n) is 5.74. The van der Waals surface area contributed by atoms with Crippen LogP contribution in [0.2, 0.25) is 0 Å². The first-order chi connectivity index (χ1) is 18.8. The zero-order chi connectivity index (χ0) is 27.2. The predicted molar refractivity (Wildman–Crippen MR) is 151 cm³/mol. The Labute approximate surface area is 228 Å². The van der Waals surface area contributed by atoms with Crippen molar-refractivity contribution >= 4 is 43.9 Å². The van der Waals surface area contributed by atoms with Crippen molar-refractivity contribution in [1.82, 2.24) is 4.57 Å². The molecule has 3 N–H and O–H groups in total. The Morgan fingerprint density at radius 3 is 2.54 bits per heavy atom. The third-order valence-corrected chi connectivity index (χ3v) is 9.71. The van der Waals surface area contributed by atoms with E-state index in [0.29, 0.717) is 39.5 Å². The molecule has 2 aliphatic carbocycles. The van der Waals surface area contributed by atoms with Crippen molar-refractivity contribution in [2.24, 2.45) is 11.3 Å². The fraction of sp³-hybridized carbons (Fsp3) is 0.448. The smallest absolute Gasteiger partial charge is 0.257 e. The summed E-state index contributed by atoms with van der Waals surface area (Å²) >= 11 is 0. The highest BCUT2D eigenvalue weighted by atomic mass is 32.2. The van der Waals surface area contributed by atoms with Crippen LogP contribution in [0, 0.1) is 22.7 Å². The van der Waals surface area contributed by atoms with E-state index in [-0.39, 0.29) is 5.91 Å². The van der Waals surface area contributed by atoms with Crippen LogP contribution in [0.4, 0.5) is 17.1 Å². The van der Waals surface area contributed by atoms with Gasteiger partial charge in [0, 0.05) is 31.2 Å². The lowest BCUT2D eigenvalue weighted by molar-refractivity contribution is 0.102. The van der Waals surface area contributed by atoms with Gasteiger partial charge in [0.25, 0.3) is 5.91 Å². The van der Waals surface area contributed by atoms with Crippen molar-refractivity contribution in [2.45, 2.75) is 45.1 Å². The van der Waals surface area contributed by atoms with E-state index in [1.807, 2.05) is 12.3 Å². The molecule has 2 heterocycles. The van der Waals surface area contributed by atoms with Crippen molar-refractivity contribution in [2.75, 3.05) is 40.4 Å². The number of fused-ring (bicyclic) bond motifs is 1. The summed E-state index contributed by atoms with van der Waals surface area (Å²) in [6, 6.07) is 12.7. The summed E-state index contributed by atoms with van der Waals surface area (Å²) in [7, 11) is -3.70. The van der Waals surface area contributed by atoms with Crippen molar-refractivity contribution < 1.29 is 18.3 Å². The number of benzene rings is 2. The zero-order valence-corrected chi connectivity index (χ0v) is 22.6. The number of anilines is 3. The topological polar surface area (TPSA) is 127 Å². The van der Waals surface area contributed by atoms with E-state index in [4.69, 9.17) is 5.11 Å². The van der Waals surface area contributed by atoms with Gasteiger partial charge in [-0.3, -0.25) is 9.52 Å². The summed E-state index contributed by atoms with van der Waals surface area (Å²) in [5.74, 6) is -0.0469. The molecule has 1 spiro atoms. The van der Waals surface area contributed by atoms with Crippen molar-refractivity contribution in [3.8, 4) is 6.07 Å². The number of piperidine rings is 1. The largest absolute Gasteiger partial charge is 0.395 e. The van der Waals surface area contributed by atoms with Crippen molar-refractivity contribution in [3.63, 3.8) is 0 Å². The Morgan fingerprint density at radius 2 is 1.87 bits per heavy atom. The van der Waals surface area contributed by atoms with Crippen LogP contribution in [0.5, 0.6) is 0 Å². The van der Waals surface area contributed by atoms with Gasteiger partial charge >= 0.3 is 0 Å². The Kier molecular flexibility index (Phi) is 6.52. The Morgan fingerprint density at radius 1 is 1.10 bits per heavy atom. The van der Waals surface area contributed by atoms with Crippen LogP contribution in [0.25, 0.3) is 10.9 Å². The minimum atomic E-state index is -3.70. The lowest BCUT2D eigenvalue weighted by Crippen LogP contribution is -2.35. The molecule has 1 aliphatic heterocycles. The van der Waals surface area contributed by atoms with Crippen LogP contribution < -0.4 is 14.9 Å². The van der Waals surface area contributed by atoms with Gasteiger partial charge in [-0.15, -0.1) is 0 Å². The van der Waals surface area contributed by atoms with Crippen LogP contribution >= 0.6 is 0 Å². The highest BCUT2D eigenvalue weighted by molar-refractivity contribution is 7.92. The van der Waals surface area contributed by atoms with Gasteiger partial charge in [0.1, 0.15) is 6.07 Å². The molecule has 1 aromatic heterocycles. The Bertz CT molecular complexity index is 1570. The van der Waals surface area contributed by atoms with Gasteiger partial charge in [-0.2, -0.15) is 5.26 Å². The van der Waals surface area contributed by atoms with E-state index >= 15 is 0 Å². The minimum Gasteiger partial charge on any atom is -0.395 e. The number of nitriles is 1. The molecule has 39 heavy (non-hydrogen) atoms. The summed E-state index contributed by atoms with van der Waals surface area (Å²) < 4.78 is 29.2. The molecule has 0 radical (unpaired) electrons. The first-order valence-electron chi connectivity index (χ1n) is 13.6. The van der Waals surface area contributed by atoms with Crippen LogP contribution in [-0.2, 0) is 16.6 Å². The molecular weight excluding hydrogens is 514 g/mol. The van der Waals surface area contributed by atoms with Gasteiger partial charge in [0.15, 0.2) is 0 Å². The summed E-state index contributed by atoms with van der Waals surface area (Å²) in [6.45, 7) is 2.00. The maximum absolute atomic E-state index is 13.7. The highest BCUT2D eigenvalue weighted by Gasteiger charge is 2.44. The van der Waals surface area contributed by atoms with Gasteiger partial charge in [-0.25, -0.2) is 8.42 Å². The molecule has 204 valence electrons. The van der Waals surface area contributed by atoms with Gasteiger partial charge in [0.2, 0.25) is 10.0 Å². The van der Waals surface area contributed by atoms with E-state index in [1.54, 1.807) is 30.3 Å². The van der Waals surface area contributed by atoms with E-state index in [1.165, 1.54) is 25.7 Å². The van der Waals surface area contributed by atoms with E-state index < -0.39 is 22.4 Å². The van der Waals surface area contributed by atoms with Crippen LogP contribution in [-0.4, -0.2) is 49.4 Å². The SMILES string of the molecule is N#Cc1ccc(NC(=O)c2ccc(NS(=O)(=O)CCO)cc2N2CCC3(CC2)CC3)c2ccn(CC3CC3)c12. The number of sulfonamides is 1. The standard InChI is InChI=1S/C29H33N5O4S/c30-18-21-3-6-25(23-7-12-34(27(21)23)19-20-1-2-20)31-28(36)24-5-4-22(32-39(37,38)16-15-35)17-26(24)33-13-10-29(8-9-29)11-14-33/h3-7,12,17,20,32,35H,1-2,8-11,13-16,19H2,(H,31,36). The molecule has 1 amide bonds. The molecule has 0 bridgehead atoms. The first kappa shape index (κ1) is 25.7. The number of hydrogen-bond donors (Lipinski definition) is 3. The number of aromatic nitrogens is 1. The van der Waals surface area contributed by atoms with Gasteiger partial charge in [-0.05, 0) is 86.3 Å². The number of aliphatic hydroxyl groups is 1. The summed E-state index contributed by atoms with van der Waals surface area (Å²) in [6.07, 6.45) is 9.00. The zero-order valence-electron chi connectivity index (χ0n) is 21.8. The number of hydrogen-bond acceptors (Lipinski definition) is 6. The summed E-state index contributed by atoms with van der Waals surface area (Å²) in [4.78, 5) is 15.9. The average molecular weight is 548 g/mol. The highest BCUT2D eigenvalue weighted by Crippen LogP contribution is 2.54. The number of carbonyl (C=O) groups is 1. The van der Waals surface area contributed by atoms with E-state index in [9.17, 15) is 18.5 Å². The van der Waals surface area contributed by atoms with E-state index in [2.05, 4.69) is 25.6 Å². The van der Waals surface area contributed by atoms with E-state index in [0.717, 1.165) is 43.4 Å². The number of amides is 1. The molecule has 3 aromatic rings. The second kappa shape index (κ2) is 9.88. The normalized spacial score (nSPS) is 18.2. The second-order valence-corrected chi connectivity index (χ2v) is 13.1. The minimum absolute atomic E-state index is 0.289. The molecule has 2 saturated carbocycles. The van der Waals surface area contributed by atoms with Crippen LogP contribution in [0.1, 0.15) is 54.4 Å². The second-order valence-electron chi connectivity index (χ2n) is 11.3. The lowest BCUT2D eigenvalue weighted by Gasteiger charge is -2.35. The molecule has 1 saturated heterocycles. The Hall–Kier alpha value is -3.55. The fourth-order valence-corrected chi connectivity index (χ4v) is 6.57. The molecule has 3 fully saturated rings. The van der Waals surface area contributed by atoms with Crippen molar-refractivity contribution in [3.05, 3.63) is 53.7 Å². The number of carbonyl (C=O) groups excluding carboxylic acids is 1. The van der Waals surface area contributed by atoms with Gasteiger partial charge < -0.3 is 19.9 Å². The maximum Gasteiger partial charge on any atom is 0.257 e. The molecule has 2 aromatic carbocycles. The van der Waals surface area contributed by atoms with Gasteiger partial charge in [-0.1, -0.05) is 0 Å². The molecule has 6 rings (SSSR count). The van der Waals surface area contributed by atoms with Crippen LogP contribution in [0.3, 0.4) is 0 Å². The number of nitrogens with zero attached hydrogens (tertiary/aromatic N) is 3. The quantitative estimate of drug-likeness (QED) is 0.367. The molecular formula is C29H33N5O4S. The third-order valence-electron chi connectivity index (χ3n) is 8.44. The molecule has 9 nitrogen and oxygen atoms in total. The summed E-state index contributed by atoms with van der Waals surface area (Å²) in [5, 5.41) is 22.7. The van der Waals surface area contributed by atoms with Crippen LogP contribution in [0.15, 0.2) is 42.6 Å². The molecule has 0 atom stereocenters. The third kappa shape index (κ3) is 5.34. The number of rotatable bonds is 9. The lowest BCUT2D eigenvalue weighted by atomic mass is 9.93. The number of nitrogens with one attached hydrogen (secondary N) is 2. The molecule has 10 heteroatoms. The predicted octanol–water partition coefficient (Wildman–Crippen LogP) is 4.29. The average Bonchev–Trinajstić information content (AvgIpc) is 3.84. The number of aliphatic hydroxyl groups excluding tert-OH is 1. The van der Waals surface area contributed by atoms with Gasteiger partial charge in [0.05, 0.1) is 46.1 Å². The summed E-state index contributed by atoms with van der Waals surface area (Å²) in [5.41, 5.74) is 4.00.